The first-order chi connectivity index (χ1) is 8.10. The molecular weight excluding hydrogens is 218 g/mol. The first-order valence-electron chi connectivity index (χ1n) is 5.80. The summed E-state index contributed by atoms with van der Waals surface area (Å²) >= 11 is 0. The van der Waals surface area contributed by atoms with Crippen LogP contribution in [0.25, 0.3) is 0 Å². The lowest BCUT2D eigenvalue weighted by Crippen LogP contribution is -2.28. The van der Waals surface area contributed by atoms with Crippen molar-refractivity contribution in [2.45, 2.75) is 32.7 Å². The van der Waals surface area contributed by atoms with Crippen molar-refractivity contribution in [1.29, 1.82) is 0 Å². The SMILES string of the molecule is CCCC(CN)Nc1cccc(C)c1[N+](=O)[O-]. The molecule has 0 spiro atoms. The van der Waals surface area contributed by atoms with Crippen LogP contribution in [0, 0.1) is 17.0 Å². The average Bonchev–Trinajstić information content (AvgIpc) is 2.28. The van der Waals surface area contributed by atoms with Crippen molar-refractivity contribution in [2.24, 2.45) is 5.73 Å². The molecule has 0 fully saturated rings. The zero-order valence-corrected chi connectivity index (χ0v) is 10.3. The van der Waals surface area contributed by atoms with Gasteiger partial charge in [0, 0.05) is 18.2 Å². The average molecular weight is 237 g/mol. The highest BCUT2D eigenvalue weighted by atomic mass is 16.6. The van der Waals surface area contributed by atoms with Crippen LogP contribution in [0.4, 0.5) is 11.4 Å². The van der Waals surface area contributed by atoms with Gasteiger partial charge in [-0.05, 0) is 19.4 Å². The van der Waals surface area contributed by atoms with Crippen LogP contribution in [0.2, 0.25) is 0 Å². The quantitative estimate of drug-likeness (QED) is 0.588. The lowest BCUT2D eigenvalue weighted by Gasteiger charge is -2.17. The Morgan fingerprint density at radius 1 is 1.53 bits per heavy atom. The summed E-state index contributed by atoms with van der Waals surface area (Å²) in [5.74, 6) is 0. The third-order valence-corrected chi connectivity index (χ3v) is 2.70. The number of benzene rings is 1. The van der Waals surface area contributed by atoms with Gasteiger partial charge in [0.25, 0.3) is 5.69 Å². The first kappa shape index (κ1) is 13.4. The Morgan fingerprint density at radius 2 is 2.24 bits per heavy atom. The van der Waals surface area contributed by atoms with Crippen LogP contribution < -0.4 is 11.1 Å². The zero-order valence-electron chi connectivity index (χ0n) is 10.3. The Balaban J connectivity index is 2.97. The largest absolute Gasteiger partial charge is 0.375 e. The maximum Gasteiger partial charge on any atom is 0.295 e. The lowest BCUT2D eigenvalue weighted by molar-refractivity contribution is -0.384. The van der Waals surface area contributed by atoms with E-state index in [0.717, 1.165) is 12.8 Å². The molecule has 1 rings (SSSR count). The van der Waals surface area contributed by atoms with Crippen LogP contribution in [0.15, 0.2) is 18.2 Å². The molecule has 0 aliphatic rings. The monoisotopic (exact) mass is 237 g/mol. The summed E-state index contributed by atoms with van der Waals surface area (Å²) in [6.07, 6.45) is 1.90. The second-order valence-corrected chi connectivity index (χ2v) is 4.09. The molecule has 94 valence electrons. The summed E-state index contributed by atoms with van der Waals surface area (Å²) in [4.78, 5) is 10.7. The molecule has 1 aromatic rings. The molecule has 5 nitrogen and oxygen atoms in total. The summed E-state index contributed by atoms with van der Waals surface area (Å²) in [5, 5.41) is 14.2. The van der Waals surface area contributed by atoms with E-state index >= 15 is 0 Å². The summed E-state index contributed by atoms with van der Waals surface area (Å²) in [6.45, 7) is 4.27. The fourth-order valence-corrected chi connectivity index (χ4v) is 1.84. The van der Waals surface area contributed by atoms with Gasteiger partial charge < -0.3 is 11.1 Å². The van der Waals surface area contributed by atoms with Gasteiger partial charge in [-0.25, -0.2) is 0 Å². The molecule has 17 heavy (non-hydrogen) atoms. The normalized spacial score (nSPS) is 12.2. The van der Waals surface area contributed by atoms with E-state index in [1.807, 2.05) is 6.07 Å². The maximum atomic E-state index is 11.0. The standard InChI is InChI=1S/C12H19N3O2/c1-3-5-10(8-13)14-11-7-4-6-9(2)12(11)15(16)17/h4,6-7,10,14H,3,5,8,13H2,1-2H3. The molecule has 0 heterocycles. The number of aryl methyl sites for hydroxylation is 1. The molecule has 0 saturated heterocycles. The highest BCUT2D eigenvalue weighted by molar-refractivity contribution is 5.65. The van der Waals surface area contributed by atoms with E-state index in [4.69, 9.17) is 5.73 Å². The number of rotatable bonds is 6. The van der Waals surface area contributed by atoms with E-state index in [1.54, 1.807) is 19.1 Å². The van der Waals surface area contributed by atoms with Crippen molar-refractivity contribution in [3.8, 4) is 0 Å². The predicted octanol–water partition coefficient (Wildman–Crippen LogP) is 2.44. The number of nitro groups is 1. The maximum absolute atomic E-state index is 11.0. The number of nitro benzene ring substituents is 1. The molecule has 0 aliphatic heterocycles. The number of nitrogens with one attached hydrogen (secondary N) is 1. The summed E-state index contributed by atoms with van der Waals surface area (Å²) in [5.41, 5.74) is 6.99. The number of hydrogen-bond donors (Lipinski definition) is 2. The van der Waals surface area contributed by atoms with E-state index in [0.29, 0.717) is 17.8 Å². The first-order valence-corrected chi connectivity index (χ1v) is 5.80. The number of nitrogens with two attached hydrogens (primary N) is 1. The van der Waals surface area contributed by atoms with Gasteiger partial charge in [0.15, 0.2) is 0 Å². The minimum Gasteiger partial charge on any atom is -0.375 e. The molecule has 5 heteroatoms. The minimum absolute atomic E-state index is 0.0838. The van der Waals surface area contributed by atoms with Crippen LogP contribution >= 0.6 is 0 Å². The Bertz CT molecular complexity index is 393. The van der Waals surface area contributed by atoms with Crippen LogP contribution in [-0.2, 0) is 0 Å². The van der Waals surface area contributed by atoms with Gasteiger partial charge in [-0.15, -0.1) is 0 Å². The van der Waals surface area contributed by atoms with E-state index in [-0.39, 0.29) is 16.7 Å². The highest BCUT2D eigenvalue weighted by Crippen LogP contribution is 2.28. The molecule has 1 unspecified atom stereocenters. The topological polar surface area (TPSA) is 81.2 Å². The molecular formula is C12H19N3O2. The van der Waals surface area contributed by atoms with Gasteiger partial charge in [0.05, 0.1) is 4.92 Å². The number of anilines is 1. The van der Waals surface area contributed by atoms with Gasteiger partial charge >= 0.3 is 0 Å². The van der Waals surface area contributed by atoms with Crippen LogP contribution in [0.3, 0.4) is 0 Å². The molecule has 0 radical (unpaired) electrons. The summed E-state index contributed by atoms with van der Waals surface area (Å²) < 4.78 is 0. The van der Waals surface area contributed by atoms with Crippen molar-refractivity contribution in [1.82, 2.24) is 0 Å². The molecule has 3 N–H and O–H groups in total. The van der Waals surface area contributed by atoms with Crippen molar-refractivity contribution in [2.75, 3.05) is 11.9 Å². The van der Waals surface area contributed by atoms with Crippen molar-refractivity contribution < 1.29 is 4.92 Å². The highest BCUT2D eigenvalue weighted by Gasteiger charge is 2.18. The van der Waals surface area contributed by atoms with Gasteiger partial charge in [-0.2, -0.15) is 0 Å². The van der Waals surface area contributed by atoms with E-state index in [9.17, 15) is 10.1 Å². The Morgan fingerprint density at radius 3 is 2.76 bits per heavy atom. The molecule has 0 bridgehead atoms. The van der Waals surface area contributed by atoms with Crippen molar-refractivity contribution in [3.05, 3.63) is 33.9 Å². The Kier molecular flexibility index (Phi) is 4.90. The minimum atomic E-state index is -0.350. The summed E-state index contributed by atoms with van der Waals surface area (Å²) in [7, 11) is 0. The zero-order chi connectivity index (χ0) is 12.8. The van der Waals surface area contributed by atoms with Gasteiger partial charge in [0.1, 0.15) is 5.69 Å². The molecule has 0 aliphatic carbocycles. The Labute approximate surface area is 101 Å². The van der Waals surface area contributed by atoms with Crippen LogP contribution in [0.5, 0.6) is 0 Å². The molecule has 1 atom stereocenters. The van der Waals surface area contributed by atoms with E-state index in [2.05, 4.69) is 12.2 Å². The molecule has 0 aromatic heterocycles. The smallest absolute Gasteiger partial charge is 0.295 e. The second kappa shape index (κ2) is 6.20. The molecule has 0 saturated carbocycles. The van der Waals surface area contributed by atoms with Crippen molar-refractivity contribution in [3.63, 3.8) is 0 Å². The number of para-hydroxylation sites is 1. The van der Waals surface area contributed by atoms with Gasteiger partial charge in [-0.1, -0.05) is 25.5 Å². The second-order valence-electron chi connectivity index (χ2n) is 4.09. The number of hydrogen-bond acceptors (Lipinski definition) is 4. The predicted molar refractivity (Wildman–Crippen MR) is 69.2 cm³/mol. The fraction of sp³-hybridized carbons (Fsp3) is 0.500. The Hall–Kier alpha value is -1.62. The van der Waals surface area contributed by atoms with Crippen LogP contribution in [0.1, 0.15) is 25.3 Å². The molecule has 0 amide bonds. The van der Waals surface area contributed by atoms with E-state index < -0.39 is 0 Å². The molecule has 1 aromatic carbocycles. The number of nitrogens with zero attached hydrogens (tertiary/aromatic N) is 1. The van der Waals surface area contributed by atoms with Gasteiger partial charge in [0.2, 0.25) is 0 Å². The van der Waals surface area contributed by atoms with E-state index in [1.165, 1.54) is 0 Å². The fourth-order valence-electron chi connectivity index (χ4n) is 1.84. The third kappa shape index (κ3) is 3.42. The lowest BCUT2D eigenvalue weighted by atomic mass is 10.1. The van der Waals surface area contributed by atoms with Crippen molar-refractivity contribution >= 4 is 11.4 Å². The third-order valence-electron chi connectivity index (χ3n) is 2.70. The van der Waals surface area contributed by atoms with Gasteiger partial charge in [-0.3, -0.25) is 10.1 Å². The summed E-state index contributed by atoms with van der Waals surface area (Å²) in [6, 6.07) is 5.36. The van der Waals surface area contributed by atoms with Crippen LogP contribution in [-0.4, -0.2) is 17.5 Å².